The number of pyridine rings is 1. The van der Waals surface area contributed by atoms with Gasteiger partial charge in [-0.25, -0.2) is 8.78 Å². The number of benzene rings is 2. The van der Waals surface area contributed by atoms with E-state index in [-0.39, 0.29) is 16.9 Å². The molecule has 1 N–H and O–H groups in total. The maximum absolute atomic E-state index is 14.6. The lowest BCUT2D eigenvalue weighted by atomic mass is 9.98. The molecule has 0 radical (unpaired) electrons. The van der Waals surface area contributed by atoms with E-state index in [1.807, 2.05) is 0 Å². The summed E-state index contributed by atoms with van der Waals surface area (Å²) in [5.41, 5.74) is -1.33. The van der Waals surface area contributed by atoms with Crippen LogP contribution in [0, 0.1) is 21.7 Å². The van der Waals surface area contributed by atoms with Crippen LogP contribution < -0.4 is 4.90 Å². The van der Waals surface area contributed by atoms with Crippen LogP contribution in [0.2, 0.25) is 0 Å². The van der Waals surface area contributed by atoms with Crippen LogP contribution >= 0.6 is 0 Å². The second-order valence-corrected chi connectivity index (χ2v) is 6.83. The second kappa shape index (κ2) is 7.99. The van der Waals surface area contributed by atoms with Gasteiger partial charge < -0.3 is 5.11 Å². The van der Waals surface area contributed by atoms with Gasteiger partial charge in [-0.2, -0.15) is 0 Å². The van der Waals surface area contributed by atoms with Gasteiger partial charge in [-0.15, -0.1) is 0 Å². The van der Waals surface area contributed by atoms with Crippen molar-refractivity contribution in [2.75, 3.05) is 4.90 Å². The van der Waals surface area contributed by atoms with Crippen molar-refractivity contribution in [3.05, 3.63) is 105 Å². The van der Waals surface area contributed by atoms with Crippen LogP contribution in [-0.2, 0) is 9.59 Å². The van der Waals surface area contributed by atoms with Crippen LogP contribution in [0.5, 0.6) is 0 Å². The first kappa shape index (κ1) is 20.8. The molecule has 1 saturated heterocycles. The lowest BCUT2D eigenvalue weighted by Crippen LogP contribution is -2.30. The quantitative estimate of drug-likeness (QED) is 0.218. The minimum Gasteiger partial charge on any atom is -0.507 e. The first-order chi connectivity index (χ1) is 15.3. The largest absolute Gasteiger partial charge is 0.507 e. The predicted octanol–water partition coefficient (Wildman–Crippen LogP) is 3.89. The van der Waals surface area contributed by atoms with Gasteiger partial charge in [0, 0.05) is 30.0 Å². The van der Waals surface area contributed by atoms with Gasteiger partial charge in [0.15, 0.2) is 0 Å². The number of nitrogens with zero attached hydrogens (tertiary/aromatic N) is 3. The molecule has 0 spiro atoms. The third kappa shape index (κ3) is 3.47. The Balaban J connectivity index is 1.97. The van der Waals surface area contributed by atoms with E-state index in [4.69, 9.17) is 0 Å². The molecule has 1 atom stereocenters. The van der Waals surface area contributed by atoms with Gasteiger partial charge in [0.1, 0.15) is 23.4 Å². The molecule has 0 aliphatic carbocycles. The third-order valence-electron chi connectivity index (χ3n) is 4.91. The number of anilines is 1. The number of Topliss-reactive ketones (excluding diaryl/α,β-unsaturated/α-hetero) is 1. The number of carbonyl (C=O) groups excluding carboxylic acids is 2. The topological polar surface area (TPSA) is 114 Å². The minimum absolute atomic E-state index is 0.0992. The Bertz CT molecular complexity index is 1290. The van der Waals surface area contributed by atoms with Crippen molar-refractivity contribution in [3.8, 4) is 0 Å². The number of carbonyl (C=O) groups is 2. The van der Waals surface area contributed by atoms with Crippen molar-refractivity contribution >= 4 is 28.8 Å². The Hall–Kier alpha value is -4.47. The van der Waals surface area contributed by atoms with Crippen LogP contribution in [0.4, 0.5) is 20.2 Å². The van der Waals surface area contributed by atoms with E-state index in [1.165, 1.54) is 30.5 Å². The van der Waals surface area contributed by atoms with Crippen molar-refractivity contribution in [3.63, 3.8) is 0 Å². The van der Waals surface area contributed by atoms with Crippen molar-refractivity contribution in [1.82, 2.24) is 4.98 Å². The summed E-state index contributed by atoms with van der Waals surface area (Å²) in [5.74, 6) is -4.90. The van der Waals surface area contributed by atoms with Crippen LogP contribution in [0.25, 0.3) is 5.76 Å². The van der Waals surface area contributed by atoms with E-state index in [2.05, 4.69) is 4.98 Å². The van der Waals surface area contributed by atoms with E-state index in [0.717, 1.165) is 24.3 Å². The van der Waals surface area contributed by atoms with E-state index in [9.17, 15) is 33.6 Å². The minimum atomic E-state index is -1.40. The van der Waals surface area contributed by atoms with Gasteiger partial charge in [0.25, 0.3) is 17.4 Å². The molecule has 1 aliphatic rings. The summed E-state index contributed by atoms with van der Waals surface area (Å²) in [5, 5.41) is 22.0. The number of ketones is 1. The molecule has 4 rings (SSSR count). The smallest absolute Gasteiger partial charge is 0.300 e. The number of nitro benzene ring substituents is 1. The monoisotopic (exact) mass is 437 g/mol. The number of aromatic nitrogens is 1. The maximum Gasteiger partial charge on any atom is 0.300 e. The molecule has 1 aliphatic heterocycles. The van der Waals surface area contributed by atoms with Gasteiger partial charge >= 0.3 is 0 Å². The summed E-state index contributed by atoms with van der Waals surface area (Å²) in [6, 6.07) is 10.4. The van der Waals surface area contributed by atoms with Gasteiger partial charge in [-0.05, 0) is 24.3 Å². The van der Waals surface area contributed by atoms with Crippen LogP contribution in [-0.4, -0.2) is 26.7 Å². The third-order valence-corrected chi connectivity index (χ3v) is 4.91. The Kier molecular flexibility index (Phi) is 5.19. The van der Waals surface area contributed by atoms with E-state index < -0.39 is 51.3 Å². The highest BCUT2D eigenvalue weighted by Gasteiger charge is 2.48. The van der Waals surface area contributed by atoms with E-state index >= 15 is 0 Å². The molecule has 2 heterocycles. The van der Waals surface area contributed by atoms with E-state index in [1.54, 1.807) is 12.1 Å². The molecule has 0 saturated carbocycles. The molecule has 32 heavy (non-hydrogen) atoms. The molecule has 8 nitrogen and oxygen atoms in total. The average molecular weight is 437 g/mol. The lowest BCUT2D eigenvalue weighted by Gasteiger charge is -2.25. The standard InChI is InChI=1S/C22H13F2N3O5/c23-13-7-8-15(24)17(11-13)26-19(16-6-1-2-9-25-16)18(21(29)22(26)30)20(28)12-4-3-5-14(10-12)27(31)32/h1-11,19,28H/b20-18-. The molecule has 160 valence electrons. The van der Waals surface area contributed by atoms with Gasteiger partial charge in [-0.3, -0.25) is 29.6 Å². The molecule has 3 aromatic rings. The number of non-ortho nitro benzene ring substituents is 1. The van der Waals surface area contributed by atoms with Crippen molar-refractivity contribution in [2.24, 2.45) is 0 Å². The molecule has 10 heteroatoms. The number of rotatable bonds is 4. The fourth-order valence-corrected chi connectivity index (χ4v) is 3.49. The van der Waals surface area contributed by atoms with Gasteiger partial charge in [0.05, 0.1) is 21.9 Å². The zero-order valence-electron chi connectivity index (χ0n) is 16.1. The molecule has 0 bridgehead atoms. The number of aliphatic hydroxyl groups excluding tert-OH is 1. The normalized spacial score (nSPS) is 17.6. The van der Waals surface area contributed by atoms with Gasteiger partial charge in [0.2, 0.25) is 0 Å². The Morgan fingerprint density at radius 1 is 1.06 bits per heavy atom. The highest BCUT2D eigenvalue weighted by atomic mass is 19.1. The predicted molar refractivity (Wildman–Crippen MR) is 108 cm³/mol. The number of hydrogen-bond donors (Lipinski definition) is 1. The fourth-order valence-electron chi connectivity index (χ4n) is 3.49. The number of aliphatic hydroxyl groups is 1. The lowest BCUT2D eigenvalue weighted by molar-refractivity contribution is -0.384. The second-order valence-electron chi connectivity index (χ2n) is 6.83. The maximum atomic E-state index is 14.6. The molecule has 1 aromatic heterocycles. The molecular formula is C22H13F2N3O5. The highest BCUT2D eigenvalue weighted by molar-refractivity contribution is 6.51. The number of halogens is 2. The highest BCUT2D eigenvalue weighted by Crippen LogP contribution is 2.42. The van der Waals surface area contributed by atoms with Crippen LogP contribution in [0.3, 0.4) is 0 Å². The summed E-state index contributed by atoms with van der Waals surface area (Å²) in [4.78, 5) is 41.0. The van der Waals surface area contributed by atoms with Crippen LogP contribution in [0.1, 0.15) is 17.3 Å². The fraction of sp³-hybridized carbons (Fsp3) is 0.0455. The van der Waals surface area contributed by atoms with Crippen molar-refractivity contribution < 1.29 is 28.4 Å². The van der Waals surface area contributed by atoms with Crippen molar-refractivity contribution in [1.29, 1.82) is 0 Å². The van der Waals surface area contributed by atoms with Gasteiger partial charge in [-0.1, -0.05) is 18.2 Å². The first-order valence-electron chi connectivity index (χ1n) is 9.21. The molecule has 1 amide bonds. The zero-order valence-corrected chi connectivity index (χ0v) is 16.1. The van der Waals surface area contributed by atoms with Crippen LogP contribution in [0.15, 0.2) is 72.4 Å². The summed E-state index contributed by atoms with van der Waals surface area (Å²) >= 11 is 0. The average Bonchev–Trinajstić information content (AvgIpc) is 3.06. The SMILES string of the molecule is O=C1C(=O)N(c2cc(F)ccc2F)C(c2ccccn2)/C1=C(/O)c1cccc([N+](=O)[O-])c1. The van der Waals surface area contributed by atoms with E-state index in [0.29, 0.717) is 4.90 Å². The molecular weight excluding hydrogens is 424 g/mol. The Morgan fingerprint density at radius 2 is 1.84 bits per heavy atom. The summed E-state index contributed by atoms with van der Waals surface area (Å²) < 4.78 is 28.4. The summed E-state index contributed by atoms with van der Waals surface area (Å²) in [6.07, 6.45) is 1.37. The summed E-state index contributed by atoms with van der Waals surface area (Å²) in [7, 11) is 0. The first-order valence-corrected chi connectivity index (χ1v) is 9.21. The Labute approximate surface area is 179 Å². The molecule has 1 unspecified atom stereocenters. The molecule has 2 aromatic carbocycles. The number of nitro groups is 1. The Morgan fingerprint density at radius 3 is 2.53 bits per heavy atom. The number of amides is 1. The zero-order chi connectivity index (χ0) is 23.0. The molecule has 1 fully saturated rings. The number of hydrogen-bond acceptors (Lipinski definition) is 6. The van der Waals surface area contributed by atoms with Crippen molar-refractivity contribution in [2.45, 2.75) is 6.04 Å². The summed E-state index contributed by atoms with van der Waals surface area (Å²) in [6.45, 7) is 0.